The van der Waals surface area contributed by atoms with Gasteiger partial charge < -0.3 is 10.6 Å². The molecule has 1 aliphatic heterocycles. The Bertz CT molecular complexity index is 364. The first kappa shape index (κ1) is 13.2. The summed E-state index contributed by atoms with van der Waals surface area (Å²) in [7, 11) is 2.20. The summed E-state index contributed by atoms with van der Waals surface area (Å²) in [5, 5.41) is 0. The molecule has 0 aliphatic carbocycles. The second-order valence-corrected chi connectivity index (χ2v) is 5.08. The Balaban J connectivity index is 2.03. The maximum atomic E-state index is 5.56. The van der Waals surface area contributed by atoms with Gasteiger partial charge in [0.05, 0.1) is 18.1 Å². The molecule has 1 atom stereocenters. The van der Waals surface area contributed by atoms with Crippen LogP contribution in [0.4, 0.5) is 5.82 Å². The molecule has 1 unspecified atom stereocenters. The minimum Gasteiger partial charge on any atom is -0.382 e. The van der Waals surface area contributed by atoms with Crippen LogP contribution in [-0.4, -0.2) is 52.5 Å². The molecular formula is C13H23N5. The molecule has 0 radical (unpaired) electrons. The number of likely N-dealkylation sites (N-methyl/N-ethyl adjacent to an activating group) is 1. The molecule has 0 saturated carbocycles. The molecule has 1 aromatic rings. The monoisotopic (exact) mass is 249 g/mol. The van der Waals surface area contributed by atoms with Crippen LogP contribution in [0.15, 0.2) is 12.4 Å². The van der Waals surface area contributed by atoms with Crippen molar-refractivity contribution in [3.05, 3.63) is 18.1 Å². The van der Waals surface area contributed by atoms with E-state index in [1.807, 2.05) is 0 Å². The second kappa shape index (κ2) is 6.11. The first-order valence-corrected chi connectivity index (χ1v) is 6.68. The van der Waals surface area contributed by atoms with Crippen LogP contribution < -0.4 is 5.73 Å². The van der Waals surface area contributed by atoms with Crippen LogP contribution in [-0.2, 0) is 6.54 Å². The molecule has 2 N–H and O–H groups in total. The molecule has 5 heteroatoms. The van der Waals surface area contributed by atoms with E-state index in [2.05, 4.69) is 33.7 Å². The maximum Gasteiger partial charge on any atom is 0.141 e. The van der Waals surface area contributed by atoms with Gasteiger partial charge in [0.15, 0.2) is 0 Å². The molecule has 1 saturated heterocycles. The van der Waals surface area contributed by atoms with Gasteiger partial charge in [-0.25, -0.2) is 4.98 Å². The third-order valence-corrected chi connectivity index (χ3v) is 3.59. The summed E-state index contributed by atoms with van der Waals surface area (Å²) < 4.78 is 0. The van der Waals surface area contributed by atoms with E-state index in [9.17, 15) is 0 Å². The highest BCUT2D eigenvalue weighted by molar-refractivity contribution is 5.22. The number of hydrogen-bond acceptors (Lipinski definition) is 5. The van der Waals surface area contributed by atoms with Gasteiger partial charge in [-0.15, -0.1) is 0 Å². The van der Waals surface area contributed by atoms with Crippen LogP contribution >= 0.6 is 0 Å². The van der Waals surface area contributed by atoms with Crippen LogP contribution in [0.5, 0.6) is 0 Å². The molecule has 2 rings (SSSR count). The van der Waals surface area contributed by atoms with E-state index in [1.165, 1.54) is 19.4 Å². The summed E-state index contributed by atoms with van der Waals surface area (Å²) in [5.74, 6) is 0.487. The standard InChI is InChI=1S/C13H23N5/c1-3-12-10-17(2)5-4-6-18(12)9-11-7-16-13(14)8-15-11/h7-8,12H,3-6,9-10H2,1-2H3,(H2,14,16). The van der Waals surface area contributed by atoms with Crippen molar-refractivity contribution in [2.45, 2.75) is 32.4 Å². The number of hydrogen-bond donors (Lipinski definition) is 1. The average molecular weight is 249 g/mol. The van der Waals surface area contributed by atoms with Gasteiger partial charge in [0.2, 0.25) is 0 Å². The molecule has 0 amide bonds. The van der Waals surface area contributed by atoms with E-state index in [4.69, 9.17) is 5.73 Å². The van der Waals surface area contributed by atoms with E-state index in [0.717, 1.165) is 25.3 Å². The van der Waals surface area contributed by atoms with Gasteiger partial charge >= 0.3 is 0 Å². The largest absolute Gasteiger partial charge is 0.382 e. The third-order valence-electron chi connectivity index (χ3n) is 3.59. The summed E-state index contributed by atoms with van der Waals surface area (Å²) in [6.07, 6.45) is 5.82. The van der Waals surface area contributed by atoms with E-state index >= 15 is 0 Å². The molecule has 0 bridgehead atoms. The van der Waals surface area contributed by atoms with Crippen molar-refractivity contribution in [1.82, 2.24) is 19.8 Å². The smallest absolute Gasteiger partial charge is 0.141 e. The molecule has 2 heterocycles. The normalized spacial score (nSPS) is 22.9. The number of aromatic nitrogens is 2. The quantitative estimate of drug-likeness (QED) is 0.865. The number of anilines is 1. The summed E-state index contributed by atoms with van der Waals surface area (Å²) in [4.78, 5) is 13.4. The number of nitrogens with zero attached hydrogens (tertiary/aromatic N) is 4. The van der Waals surface area contributed by atoms with Gasteiger partial charge in [-0.05, 0) is 26.4 Å². The van der Waals surface area contributed by atoms with Crippen LogP contribution in [0.25, 0.3) is 0 Å². The summed E-state index contributed by atoms with van der Waals surface area (Å²) in [6.45, 7) is 6.58. The Labute approximate surface area is 109 Å². The average Bonchev–Trinajstić information content (AvgIpc) is 2.54. The maximum absolute atomic E-state index is 5.56. The summed E-state index contributed by atoms with van der Waals surface area (Å²) in [5.41, 5.74) is 6.57. The zero-order valence-corrected chi connectivity index (χ0v) is 11.3. The van der Waals surface area contributed by atoms with Gasteiger partial charge in [-0.1, -0.05) is 6.92 Å². The van der Waals surface area contributed by atoms with Crippen LogP contribution in [0.1, 0.15) is 25.5 Å². The molecule has 0 spiro atoms. The highest BCUT2D eigenvalue weighted by Gasteiger charge is 2.22. The predicted octanol–water partition coefficient (Wildman–Crippen LogP) is 0.975. The molecular weight excluding hydrogens is 226 g/mol. The molecule has 100 valence electrons. The topological polar surface area (TPSA) is 58.3 Å². The highest BCUT2D eigenvalue weighted by atomic mass is 15.2. The lowest BCUT2D eigenvalue weighted by Crippen LogP contribution is -2.39. The molecule has 0 aromatic carbocycles. The molecule has 18 heavy (non-hydrogen) atoms. The Morgan fingerprint density at radius 2 is 2.17 bits per heavy atom. The lowest BCUT2D eigenvalue weighted by molar-refractivity contribution is 0.174. The van der Waals surface area contributed by atoms with Crippen molar-refractivity contribution in [2.24, 2.45) is 0 Å². The minimum atomic E-state index is 0.487. The predicted molar refractivity (Wildman–Crippen MR) is 73.0 cm³/mol. The summed E-state index contributed by atoms with van der Waals surface area (Å²) in [6, 6.07) is 0.608. The lowest BCUT2D eigenvalue weighted by atomic mass is 10.2. The van der Waals surface area contributed by atoms with Crippen molar-refractivity contribution in [3.8, 4) is 0 Å². The van der Waals surface area contributed by atoms with Crippen molar-refractivity contribution in [3.63, 3.8) is 0 Å². The van der Waals surface area contributed by atoms with Crippen molar-refractivity contribution < 1.29 is 0 Å². The molecule has 5 nitrogen and oxygen atoms in total. The lowest BCUT2D eigenvalue weighted by Gasteiger charge is -2.29. The minimum absolute atomic E-state index is 0.487. The van der Waals surface area contributed by atoms with Crippen molar-refractivity contribution in [2.75, 3.05) is 32.4 Å². The number of nitrogens with two attached hydrogens (primary N) is 1. The van der Waals surface area contributed by atoms with E-state index in [-0.39, 0.29) is 0 Å². The Kier molecular flexibility index (Phi) is 4.49. The van der Waals surface area contributed by atoms with Crippen LogP contribution in [0, 0.1) is 0 Å². The van der Waals surface area contributed by atoms with Gasteiger partial charge in [0.25, 0.3) is 0 Å². The molecule has 1 aliphatic rings. The molecule has 1 aromatic heterocycles. The first-order chi connectivity index (χ1) is 8.69. The Hall–Kier alpha value is -1.20. The fraction of sp³-hybridized carbons (Fsp3) is 0.692. The zero-order valence-electron chi connectivity index (χ0n) is 11.3. The van der Waals surface area contributed by atoms with Crippen LogP contribution in [0.2, 0.25) is 0 Å². The van der Waals surface area contributed by atoms with E-state index < -0.39 is 0 Å². The van der Waals surface area contributed by atoms with Gasteiger partial charge in [0.1, 0.15) is 5.82 Å². The van der Waals surface area contributed by atoms with Gasteiger partial charge in [-0.3, -0.25) is 9.88 Å². The summed E-state index contributed by atoms with van der Waals surface area (Å²) >= 11 is 0. The van der Waals surface area contributed by atoms with Gasteiger partial charge in [-0.2, -0.15) is 0 Å². The zero-order chi connectivity index (χ0) is 13.0. The fourth-order valence-electron chi connectivity index (χ4n) is 2.54. The Morgan fingerprint density at radius 1 is 1.33 bits per heavy atom. The van der Waals surface area contributed by atoms with Crippen LogP contribution in [0.3, 0.4) is 0 Å². The number of rotatable bonds is 3. The molecule has 1 fully saturated rings. The van der Waals surface area contributed by atoms with Gasteiger partial charge in [0, 0.05) is 25.7 Å². The SMILES string of the molecule is CCC1CN(C)CCCN1Cc1cnc(N)cn1. The Morgan fingerprint density at radius 3 is 2.83 bits per heavy atom. The van der Waals surface area contributed by atoms with E-state index in [1.54, 1.807) is 12.4 Å². The second-order valence-electron chi connectivity index (χ2n) is 5.08. The number of nitrogen functional groups attached to an aromatic ring is 1. The van der Waals surface area contributed by atoms with E-state index in [0.29, 0.717) is 11.9 Å². The highest BCUT2D eigenvalue weighted by Crippen LogP contribution is 2.14. The third kappa shape index (κ3) is 3.40. The van der Waals surface area contributed by atoms with Crippen molar-refractivity contribution >= 4 is 5.82 Å². The first-order valence-electron chi connectivity index (χ1n) is 6.68. The van der Waals surface area contributed by atoms with Crippen molar-refractivity contribution in [1.29, 1.82) is 0 Å². The fourth-order valence-corrected chi connectivity index (χ4v) is 2.54.